The Hall–Kier alpha value is -3.56. The molecule has 0 aliphatic carbocycles. The number of anilines is 1. The molecule has 0 radical (unpaired) electrons. The highest BCUT2D eigenvalue weighted by atomic mass is 16.1. The minimum Gasteiger partial charge on any atom is -0.310 e. The van der Waals surface area contributed by atoms with Gasteiger partial charge in [-0.2, -0.15) is 5.10 Å². The predicted molar refractivity (Wildman–Crippen MR) is 163 cm³/mol. The molecule has 9 nitrogen and oxygen atoms in total. The van der Waals surface area contributed by atoms with E-state index in [0.29, 0.717) is 17.6 Å². The molecule has 216 valence electrons. The third kappa shape index (κ3) is 5.92. The van der Waals surface area contributed by atoms with Gasteiger partial charge in [-0.05, 0) is 69.9 Å². The Morgan fingerprint density at radius 2 is 1.76 bits per heavy atom. The van der Waals surface area contributed by atoms with Crippen LogP contribution in [0.4, 0.5) is 5.95 Å². The number of imidazole rings is 1. The highest BCUT2D eigenvalue weighted by Crippen LogP contribution is 2.27. The van der Waals surface area contributed by atoms with Gasteiger partial charge in [-0.25, -0.2) is 4.98 Å². The van der Waals surface area contributed by atoms with Crippen molar-refractivity contribution >= 4 is 22.9 Å². The van der Waals surface area contributed by atoms with E-state index < -0.39 is 0 Å². The number of aryl methyl sites for hydroxylation is 3. The van der Waals surface area contributed by atoms with Crippen molar-refractivity contribution in [2.45, 2.75) is 72.0 Å². The Bertz CT molecular complexity index is 1540. The maximum Gasteiger partial charge on any atom is 0.258 e. The van der Waals surface area contributed by atoms with E-state index in [-0.39, 0.29) is 5.91 Å². The highest BCUT2D eigenvalue weighted by molar-refractivity contribution is 6.04. The molecule has 41 heavy (non-hydrogen) atoms. The summed E-state index contributed by atoms with van der Waals surface area (Å²) >= 11 is 0. The summed E-state index contributed by atoms with van der Waals surface area (Å²) < 4.78 is 4.15. The van der Waals surface area contributed by atoms with Gasteiger partial charge in [0.2, 0.25) is 5.95 Å². The number of amides is 1. The number of hydrogen-bond donors (Lipinski definition) is 1. The molecule has 0 saturated carbocycles. The van der Waals surface area contributed by atoms with Crippen LogP contribution in [-0.2, 0) is 26.6 Å². The Kier molecular flexibility index (Phi) is 7.90. The lowest BCUT2D eigenvalue weighted by atomic mass is 10.0. The van der Waals surface area contributed by atoms with E-state index in [1.807, 2.05) is 37.0 Å². The molecule has 4 aromatic rings. The summed E-state index contributed by atoms with van der Waals surface area (Å²) in [5.41, 5.74) is 7.65. The number of hydrogen-bond acceptors (Lipinski definition) is 6. The zero-order valence-corrected chi connectivity index (χ0v) is 24.9. The van der Waals surface area contributed by atoms with Crippen molar-refractivity contribution in [3.05, 3.63) is 59.0 Å². The van der Waals surface area contributed by atoms with Crippen LogP contribution in [0, 0.1) is 6.92 Å². The summed E-state index contributed by atoms with van der Waals surface area (Å²) in [5.74, 6) is 0.442. The minimum absolute atomic E-state index is 0.170. The van der Waals surface area contributed by atoms with Gasteiger partial charge in [0, 0.05) is 74.9 Å². The maximum atomic E-state index is 13.6. The Balaban J connectivity index is 1.30. The van der Waals surface area contributed by atoms with Crippen LogP contribution < -0.4 is 5.32 Å². The molecule has 2 aliphatic rings. The largest absolute Gasteiger partial charge is 0.310 e. The summed E-state index contributed by atoms with van der Waals surface area (Å²) in [6.07, 6.45) is 7.19. The molecule has 0 unspecified atom stereocenters. The third-order valence-corrected chi connectivity index (χ3v) is 8.68. The number of nitrogens with zero attached hydrogens (tertiary/aromatic N) is 7. The summed E-state index contributed by atoms with van der Waals surface area (Å²) in [4.78, 5) is 28.4. The van der Waals surface area contributed by atoms with E-state index in [2.05, 4.69) is 56.8 Å². The molecule has 1 aromatic carbocycles. The van der Waals surface area contributed by atoms with Gasteiger partial charge >= 0.3 is 0 Å². The van der Waals surface area contributed by atoms with Crippen LogP contribution in [0.5, 0.6) is 0 Å². The number of aromatic nitrogens is 5. The molecule has 5 heterocycles. The van der Waals surface area contributed by atoms with Crippen LogP contribution >= 0.6 is 0 Å². The Labute approximate surface area is 242 Å². The fourth-order valence-electron chi connectivity index (χ4n) is 6.29. The molecule has 0 atom stereocenters. The van der Waals surface area contributed by atoms with E-state index in [0.717, 1.165) is 99.4 Å². The van der Waals surface area contributed by atoms with E-state index in [4.69, 9.17) is 9.97 Å². The minimum atomic E-state index is -0.170. The van der Waals surface area contributed by atoms with Crippen LogP contribution in [0.3, 0.4) is 0 Å². The fraction of sp³-hybridized carbons (Fsp3) is 0.500. The Morgan fingerprint density at radius 3 is 2.56 bits per heavy atom. The summed E-state index contributed by atoms with van der Waals surface area (Å²) in [6, 6.07) is 10.9. The molecular weight excluding hydrogens is 512 g/mol. The van der Waals surface area contributed by atoms with Gasteiger partial charge in [-0.3, -0.25) is 29.6 Å². The lowest BCUT2D eigenvalue weighted by Crippen LogP contribution is -2.48. The van der Waals surface area contributed by atoms with Crippen molar-refractivity contribution in [2.24, 2.45) is 7.05 Å². The van der Waals surface area contributed by atoms with Gasteiger partial charge in [0.25, 0.3) is 5.91 Å². The van der Waals surface area contributed by atoms with Gasteiger partial charge in [0.1, 0.15) is 0 Å². The van der Waals surface area contributed by atoms with Crippen LogP contribution in [0.15, 0.2) is 36.5 Å². The van der Waals surface area contributed by atoms with Crippen molar-refractivity contribution in [3.63, 3.8) is 0 Å². The second-order valence-corrected chi connectivity index (χ2v) is 11.9. The smallest absolute Gasteiger partial charge is 0.258 e. The summed E-state index contributed by atoms with van der Waals surface area (Å²) in [7, 11) is 1.99. The van der Waals surface area contributed by atoms with Crippen molar-refractivity contribution in [3.8, 4) is 11.3 Å². The monoisotopic (exact) mass is 554 g/mol. The van der Waals surface area contributed by atoms with E-state index in [1.54, 1.807) is 0 Å². The van der Waals surface area contributed by atoms with Crippen molar-refractivity contribution in [1.29, 1.82) is 0 Å². The second-order valence-electron chi connectivity index (χ2n) is 11.9. The highest BCUT2D eigenvalue weighted by Gasteiger charge is 2.21. The third-order valence-electron chi connectivity index (χ3n) is 8.68. The maximum absolute atomic E-state index is 13.6. The van der Waals surface area contributed by atoms with E-state index in [9.17, 15) is 4.79 Å². The summed E-state index contributed by atoms with van der Waals surface area (Å²) in [6.45, 7) is 12.7. The van der Waals surface area contributed by atoms with Crippen LogP contribution in [-0.4, -0.2) is 72.2 Å². The quantitative estimate of drug-likeness (QED) is 0.382. The van der Waals surface area contributed by atoms with Gasteiger partial charge in [0.05, 0.1) is 22.9 Å². The van der Waals surface area contributed by atoms with Crippen molar-refractivity contribution < 1.29 is 4.79 Å². The molecule has 9 heteroatoms. The number of benzene rings is 1. The van der Waals surface area contributed by atoms with Gasteiger partial charge < -0.3 is 4.57 Å². The average molecular weight is 555 g/mol. The average Bonchev–Trinajstić information content (AvgIpc) is 3.49. The van der Waals surface area contributed by atoms with E-state index in [1.165, 1.54) is 11.3 Å². The normalized spacial score (nSPS) is 17.6. The fourth-order valence-corrected chi connectivity index (χ4v) is 6.29. The number of carbonyl (C=O) groups excluding carboxylic acids is 1. The SMILES string of the molecule is Cc1cc2cc(n1)-c1cnn(C)c1CCCCCCn1c(nc3ccc(CN4CCN(C(C)C)CC4)cc31)NC2=O. The van der Waals surface area contributed by atoms with Gasteiger partial charge in [-0.15, -0.1) is 0 Å². The molecule has 1 amide bonds. The molecule has 6 rings (SSSR count). The number of piperazine rings is 1. The lowest BCUT2D eigenvalue weighted by Gasteiger charge is -2.36. The summed E-state index contributed by atoms with van der Waals surface area (Å²) in [5, 5.41) is 7.66. The number of rotatable bonds is 3. The molecule has 1 saturated heterocycles. The molecule has 2 aliphatic heterocycles. The first-order valence-corrected chi connectivity index (χ1v) is 15.1. The molecule has 0 spiro atoms. The molecule has 3 aromatic heterocycles. The molecule has 1 fully saturated rings. The first kappa shape index (κ1) is 27.6. The first-order chi connectivity index (χ1) is 19.9. The standard InChI is InChI=1S/C32H42N8O/c1-22(2)39-15-13-38(14-16-39)21-24-10-11-27-30(18-24)40-12-8-6-5-7-9-29-26(20-33-37(29)4)28-19-25(17-23(3)34-28)31(41)36-32(40)35-27/h10-11,17-20,22H,5-9,12-16,21H2,1-4H3,(H,35,36,41). The van der Waals surface area contributed by atoms with E-state index >= 15 is 0 Å². The zero-order chi connectivity index (χ0) is 28.5. The van der Waals surface area contributed by atoms with Gasteiger partial charge in [0.15, 0.2) is 0 Å². The predicted octanol–water partition coefficient (Wildman–Crippen LogP) is 5.04. The van der Waals surface area contributed by atoms with Crippen LogP contribution in [0.25, 0.3) is 22.3 Å². The number of pyridine rings is 1. The molecule has 1 N–H and O–H groups in total. The Morgan fingerprint density at radius 1 is 0.951 bits per heavy atom. The number of carbonyl (C=O) groups is 1. The zero-order valence-electron chi connectivity index (χ0n) is 24.9. The van der Waals surface area contributed by atoms with Gasteiger partial charge in [-0.1, -0.05) is 18.9 Å². The molecule has 2 bridgehead atoms. The van der Waals surface area contributed by atoms with Crippen molar-refractivity contribution in [2.75, 3.05) is 31.5 Å². The number of fused-ring (bicyclic) bond motifs is 7. The van der Waals surface area contributed by atoms with Crippen molar-refractivity contribution in [1.82, 2.24) is 34.1 Å². The topological polar surface area (TPSA) is 84.1 Å². The van der Waals surface area contributed by atoms with Crippen LogP contribution in [0.2, 0.25) is 0 Å². The second kappa shape index (κ2) is 11.7. The van der Waals surface area contributed by atoms with Crippen LogP contribution in [0.1, 0.15) is 66.8 Å². The number of nitrogens with one attached hydrogen (secondary N) is 1. The lowest BCUT2D eigenvalue weighted by molar-refractivity contribution is 0.102. The first-order valence-electron chi connectivity index (χ1n) is 15.1. The molecular formula is C32H42N8O.